The van der Waals surface area contributed by atoms with E-state index < -0.39 is 18.1 Å². The van der Waals surface area contributed by atoms with Crippen molar-refractivity contribution < 1.29 is 37.9 Å². The molecule has 2 amide bonds. The number of carbonyl (C=O) groups excluding carboxylic acids is 2. The van der Waals surface area contributed by atoms with Gasteiger partial charge < -0.3 is 15.3 Å². The van der Waals surface area contributed by atoms with E-state index >= 15 is 0 Å². The van der Waals surface area contributed by atoms with Gasteiger partial charge in [-0.15, -0.1) is 0 Å². The highest BCUT2D eigenvalue weighted by molar-refractivity contribution is 5.93. The number of rotatable bonds is 7. The molecule has 37 heavy (non-hydrogen) atoms. The second-order valence-corrected chi connectivity index (χ2v) is 9.21. The van der Waals surface area contributed by atoms with Crippen molar-refractivity contribution in [3.63, 3.8) is 0 Å². The number of benzene rings is 2. The number of amides is 2. The molecule has 0 bridgehead atoms. The first-order valence-corrected chi connectivity index (χ1v) is 12.0. The third kappa shape index (κ3) is 8.57. The van der Waals surface area contributed by atoms with Gasteiger partial charge in [0.2, 0.25) is 5.91 Å². The summed E-state index contributed by atoms with van der Waals surface area (Å²) in [6.45, 7) is 2.65. The molecule has 4 rings (SSSR count). The number of hydroxylamine groups is 1. The van der Waals surface area contributed by atoms with Crippen LogP contribution in [0.4, 0.5) is 13.2 Å². The van der Waals surface area contributed by atoms with Crippen LogP contribution in [0.3, 0.4) is 0 Å². The molecule has 1 saturated carbocycles. The van der Waals surface area contributed by atoms with E-state index in [1.165, 1.54) is 12.0 Å². The summed E-state index contributed by atoms with van der Waals surface area (Å²) in [5, 5.41) is 19.5. The molecule has 0 radical (unpaired) electrons. The predicted octanol–water partition coefficient (Wildman–Crippen LogP) is 3.37. The van der Waals surface area contributed by atoms with Crippen LogP contribution in [0.15, 0.2) is 54.6 Å². The number of halogens is 3. The first-order valence-electron chi connectivity index (χ1n) is 12.0. The highest BCUT2D eigenvalue weighted by Gasteiger charge is 2.39. The van der Waals surface area contributed by atoms with E-state index in [0.29, 0.717) is 29.9 Å². The number of hydrogen-bond donors (Lipinski definition) is 4. The molecule has 8 nitrogen and oxygen atoms in total. The number of carboxylic acid groups (broad SMARTS) is 1. The minimum atomic E-state index is -5.08. The van der Waals surface area contributed by atoms with Crippen molar-refractivity contribution in [1.82, 2.24) is 15.7 Å². The maximum Gasteiger partial charge on any atom is 0.490 e. The van der Waals surface area contributed by atoms with E-state index in [1.807, 2.05) is 4.90 Å². The van der Waals surface area contributed by atoms with E-state index in [9.17, 15) is 22.8 Å². The second-order valence-electron chi connectivity index (χ2n) is 9.21. The Labute approximate surface area is 212 Å². The Morgan fingerprint density at radius 2 is 1.57 bits per heavy atom. The molecule has 0 aromatic heterocycles. The highest BCUT2D eigenvalue weighted by atomic mass is 19.4. The molecule has 0 spiro atoms. The molecule has 1 saturated heterocycles. The molecule has 2 aromatic carbocycles. The minimum absolute atomic E-state index is 0.132. The number of likely N-dealkylation sites (tertiary alicyclic amines) is 1. The van der Waals surface area contributed by atoms with Gasteiger partial charge >= 0.3 is 12.1 Å². The quantitative estimate of drug-likeness (QED) is 0.328. The summed E-state index contributed by atoms with van der Waals surface area (Å²) in [5.74, 6) is -1.89. The summed E-state index contributed by atoms with van der Waals surface area (Å²) in [7, 11) is 0. The number of alkyl halides is 3. The number of hydrogen-bond acceptors (Lipinski definition) is 5. The Kier molecular flexibility index (Phi) is 9.65. The van der Waals surface area contributed by atoms with Crippen LogP contribution in [0.1, 0.15) is 46.7 Å². The van der Waals surface area contributed by atoms with Crippen LogP contribution in [0.2, 0.25) is 0 Å². The molecule has 2 fully saturated rings. The fraction of sp³-hybridized carbons (Fsp3) is 0.423. The van der Waals surface area contributed by atoms with Crippen molar-refractivity contribution in [1.29, 1.82) is 0 Å². The lowest BCUT2D eigenvalue weighted by Gasteiger charge is -2.32. The van der Waals surface area contributed by atoms with Gasteiger partial charge in [-0.05, 0) is 55.0 Å². The van der Waals surface area contributed by atoms with Crippen LogP contribution in [-0.4, -0.2) is 64.8 Å². The number of carbonyl (C=O) groups is 3. The number of aliphatic carboxylic acids is 1. The van der Waals surface area contributed by atoms with Crippen LogP contribution in [0.25, 0.3) is 0 Å². The van der Waals surface area contributed by atoms with Crippen LogP contribution >= 0.6 is 0 Å². The molecule has 1 aliphatic heterocycles. The maximum atomic E-state index is 12.6. The number of piperidine rings is 1. The molecular weight excluding hydrogens is 491 g/mol. The summed E-state index contributed by atoms with van der Waals surface area (Å²) in [5.41, 5.74) is 4.28. The van der Waals surface area contributed by atoms with Gasteiger partial charge in [-0.2, -0.15) is 13.2 Å². The van der Waals surface area contributed by atoms with Gasteiger partial charge in [-0.1, -0.05) is 42.5 Å². The zero-order valence-electron chi connectivity index (χ0n) is 20.1. The normalized spacial score (nSPS) is 19.4. The second kappa shape index (κ2) is 12.7. The van der Waals surface area contributed by atoms with Gasteiger partial charge in [0.25, 0.3) is 5.91 Å². The largest absolute Gasteiger partial charge is 0.490 e. The van der Waals surface area contributed by atoms with Gasteiger partial charge in [0, 0.05) is 30.6 Å². The number of carboxylic acids is 1. The predicted molar refractivity (Wildman–Crippen MR) is 128 cm³/mol. The van der Waals surface area contributed by atoms with E-state index in [4.69, 9.17) is 15.1 Å². The highest BCUT2D eigenvalue weighted by Crippen LogP contribution is 2.40. The molecule has 11 heteroatoms. The standard InChI is InChI=1S/C24H29N3O3.C2HF3O2/c28-23(14-17-6-8-20(9-7-17)24(29)26-30)27-12-10-18(11-13-27)16-25-22-15-21(22)19-4-2-1-3-5-19;3-2(4,5)1(6)7/h1-9,18,21-22,25,30H,10-16H2,(H,26,29);(H,6,7). The molecule has 4 N–H and O–H groups in total. The summed E-state index contributed by atoms with van der Waals surface area (Å²) < 4.78 is 31.7. The first-order chi connectivity index (χ1) is 17.6. The lowest BCUT2D eigenvalue weighted by atomic mass is 9.96. The van der Waals surface area contributed by atoms with Crippen molar-refractivity contribution in [2.24, 2.45) is 5.92 Å². The Morgan fingerprint density at radius 3 is 2.11 bits per heavy atom. The molecule has 1 aliphatic carbocycles. The molecule has 200 valence electrons. The van der Waals surface area contributed by atoms with E-state index in [-0.39, 0.29) is 5.91 Å². The third-order valence-electron chi connectivity index (χ3n) is 6.57. The topological polar surface area (TPSA) is 119 Å². The van der Waals surface area contributed by atoms with Gasteiger partial charge in [0.05, 0.1) is 6.42 Å². The fourth-order valence-corrected chi connectivity index (χ4v) is 4.32. The lowest BCUT2D eigenvalue weighted by molar-refractivity contribution is -0.192. The monoisotopic (exact) mass is 521 g/mol. The first kappa shape index (κ1) is 28.1. The van der Waals surface area contributed by atoms with Gasteiger partial charge in [0.15, 0.2) is 0 Å². The van der Waals surface area contributed by atoms with Crippen molar-refractivity contribution in [2.75, 3.05) is 19.6 Å². The van der Waals surface area contributed by atoms with Crippen LogP contribution < -0.4 is 10.8 Å². The fourth-order valence-electron chi connectivity index (χ4n) is 4.32. The minimum Gasteiger partial charge on any atom is -0.475 e. The van der Waals surface area contributed by atoms with Crippen molar-refractivity contribution in [3.05, 3.63) is 71.3 Å². The Hall–Kier alpha value is -3.44. The summed E-state index contributed by atoms with van der Waals surface area (Å²) in [6.07, 6.45) is -1.45. The SMILES string of the molecule is O=C(NO)c1ccc(CC(=O)N2CCC(CNC3CC3c3ccccc3)CC2)cc1.O=C(O)C(F)(F)F. The number of nitrogens with zero attached hydrogens (tertiary/aromatic N) is 1. The molecule has 2 atom stereocenters. The maximum absolute atomic E-state index is 12.6. The Balaban J connectivity index is 0.000000479. The zero-order chi connectivity index (χ0) is 27.0. The van der Waals surface area contributed by atoms with Crippen LogP contribution in [0, 0.1) is 5.92 Å². The van der Waals surface area contributed by atoms with E-state index in [2.05, 4.69) is 35.6 Å². The molecule has 2 aromatic rings. The zero-order valence-corrected chi connectivity index (χ0v) is 20.1. The lowest BCUT2D eigenvalue weighted by Crippen LogP contribution is -2.41. The average molecular weight is 522 g/mol. The summed E-state index contributed by atoms with van der Waals surface area (Å²) in [4.78, 5) is 34.8. The van der Waals surface area contributed by atoms with Crippen molar-refractivity contribution in [2.45, 2.75) is 43.8 Å². The van der Waals surface area contributed by atoms with Gasteiger partial charge in [-0.3, -0.25) is 14.8 Å². The summed E-state index contributed by atoms with van der Waals surface area (Å²) in [6, 6.07) is 18.1. The third-order valence-corrected chi connectivity index (χ3v) is 6.57. The Bertz CT molecular complexity index is 1060. The summed E-state index contributed by atoms with van der Waals surface area (Å²) >= 11 is 0. The van der Waals surface area contributed by atoms with E-state index in [1.54, 1.807) is 29.7 Å². The van der Waals surface area contributed by atoms with Crippen molar-refractivity contribution >= 4 is 17.8 Å². The molecule has 2 unspecified atom stereocenters. The van der Waals surface area contributed by atoms with Crippen LogP contribution in [0.5, 0.6) is 0 Å². The van der Waals surface area contributed by atoms with Crippen molar-refractivity contribution in [3.8, 4) is 0 Å². The Morgan fingerprint density at radius 1 is 0.973 bits per heavy atom. The number of nitrogens with one attached hydrogen (secondary N) is 2. The average Bonchev–Trinajstić information content (AvgIpc) is 3.68. The molecule has 2 aliphatic rings. The smallest absolute Gasteiger partial charge is 0.475 e. The van der Waals surface area contributed by atoms with Gasteiger partial charge in [-0.25, -0.2) is 10.3 Å². The molecular formula is C26H30F3N3O5. The van der Waals surface area contributed by atoms with E-state index in [0.717, 1.165) is 38.0 Å². The van der Waals surface area contributed by atoms with Gasteiger partial charge in [0.1, 0.15) is 0 Å². The molecule has 1 heterocycles. The van der Waals surface area contributed by atoms with Crippen LogP contribution in [-0.2, 0) is 16.0 Å².